The summed E-state index contributed by atoms with van der Waals surface area (Å²) in [6, 6.07) is -0.230. The first-order chi connectivity index (χ1) is 7.22. The molecule has 5 heteroatoms. The summed E-state index contributed by atoms with van der Waals surface area (Å²) in [5.41, 5.74) is 2.61. The van der Waals surface area contributed by atoms with E-state index in [1.165, 1.54) is 0 Å². The molecular formula is C10H15N3O2. The lowest BCUT2D eigenvalue weighted by Gasteiger charge is -2.09. The van der Waals surface area contributed by atoms with Crippen molar-refractivity contribution in [2.24, 2.45) is 0 Å². The number of aryl methyl sites for hydroxylation is 1. The van der Waals surface area contributed by atoms with Crippen molar-refractivity contribution < 1.29 is 9.90 Å². The number of rotatable bonds is 3. The average Bonchev–Trinajstić information content (AvgIpc) is 2.77. The van der Waals surface area contributed by atoms with Crippen LogP contribution in [0.15, 0.2) is 0 Å². The quantitative estimate of drug-likeness (QED) is 0.656. The fourth-order valence-electron chi connectivity index (χ4n) is 1.84. The molecule has 1 heterocycles. The summed E-state index contributed by atoms with van der Waals surface area (Å²) < 4.78 is 0. The summed E-state index contributed by atoms with van der Waals surface area (Å²) >= 11 is 0. The smallest absolute Gasteiger partial charge is 0.272 e. The standard InChI is InChI=1S/C10H15N3O2/c1-6(5-14)11-10(15)9-7-3-2-4-8(7)12-13-9/h6,14H,2-5H2,1H3,(H,11,15)(H,12,13). The predicted molar refractivity (Wildman–Crippen MR) is 54.6 cm³/mol. The van der Waals surface area contributed by atoms with Crippen LogP contribution in [0.5, 0.6) is 0 Å². The minimum absolute atomic E-state index is 0.0572. The Labute approximate surface area is 87.9 Å². The lowest BCUT2D eigenvalue weighted by atomic mass is 10.2. The molecule has 0 fully saturated rings. The van der Waals surface area contributed by atoms with E-state index in [0.717, 1.165) is 30.5 Å². The second kappa shape index (κ2) is 4.02. The van der Waals surface area contributed by atoms with Gasteiger partial charge in [-0.05, 0) is 26.2 Å². The van der Waals surface area contributed by atoms with Crippen molar-refractivity contribution in [2.45, 2.75) is 32.2 Å². The number of aromatic nitrogens is 2. The second-order valence-corrected chi connectivity index (χ2v) is 3.94. The third-order valence-corrected chi connectivity index (χ3v) is 2.67. The van der Waals surface area contributed by atoms with Crippen LogP contribution < -0.4 is 5.32 Å². The number of carbonyl (C=O) groups is 1. The van der Waals surface area contributed by atoms with Crippen LogP contribution in [0.3, 0.4) is 0 Å². The SMILES string of the molecule is CC(CO)NC(=O)c1n[nH]c2c1CCC2. The first-order valence-electron chi connectivity index (χ1n) is 5.20. The van der Waals surface area contributed by atoms with Crippen molar-refractivity contribution in [3.05, 3.63) is 17.0 Å². The van der Waals surface area contributed by atoms with Gasteiger partial charge in [-0.3, -0.25) is 9.89 Å². The number of amides is 1. The van der Waals surface area contributed by atoms with E-state index in [1.807, 2.05) is 0 Å². The van der Waals surface area contributed by atoms with Crippen LogP contribution in [0.1, 0.15) is 35.1 Å². The van der Waals surface area contributed by atoms with Gasteiger partial charge in [0.25, 0.3) is 5.91 Å². The highest BCUT2D eigenvalue weighted by atomic mass is 16.3. The molecule has 0 aliphatic heterocycles. The van der Waals surface area contributed by atoms with Crippen molar-refractivity contribution in [1.29, 1.82) is 0 Å². The summed E-state index contributed by atoms with van der Waals surface area (Å²) in [5.74, 6) is -0.198. The monoisotopic (exact) mass is 209 g/mol. The van der Waals surface area contributed by atoms with Crippen molar-refractivity contribution in [2.75, 3.05) is 6.61 Å². The molecule has 5 nitrogen and oxygen atoms in total. The molecular weight excluding hydrogens is 194 g/mol. The fraction of sp³-hybridized carbons (Fsp3) is 0.600. The fourth-order valence-corrected chi connectivity index (χ4v) is 1.84. The summed E-state index contributed by atoms with van der Waals surface area (Å²) in [4.78, 5) is 11.7. The number of hydrogen-bond donors (Lipinski definition) is 3. The number of aliphatic hydroxyl groups excluding tert-OH is 1. The molecule has 15 heavy (non-hydrogen) atoms. The number of hydrogen-bond acceptors (Lipinski definition) is 3. The zero-order chi connectivity index (χ0) is 10.8. The highest BCUT2D eigenvalue weighted by Gasteiger charge is 2.23. The van der Waals surface area contributed by atoms with E-state index in [9.17, 15) is 4.79 Å². The molecule has 0 bridgehead atoms. The van der Waals surface area contributed by atoms with E-state index >= 15 is 0 Å². The van der Waals surface area contributed by atoms with Gasteiger partial charge < -0.3 is 10.4 Å². The lowest BCUT2D eigenvalue weighted by Crippen LogP contribution is -2.35. The summed E-state index contributed by atoms with van der Waals surface area (Å²) in [7, 11) is 0. The van der Waals surface area contributed by atoms with Crippen LogP contribution in [0.25, 0.3) is 0 Å². The molecule has 1 atom stereocenters. The maximum absolute atomic E-state index is 11.7. The number of carbonyl (C=O) groups excluding carboxylic acids is 1. The molecule has 1 aliphatic carbocycles. The average molecular weight is 209 g/mol. The van der Waals surface area contributed by atoms with Crippen LogP contribution in [0, 0.1) is 0 Å². The van der Waals surface area contributed by atoms with E-state index in [1.54, 1.807) is 6.92 Å². The molecule has 0 aromatic carbocycles. The Kier molecular flexibility index (Phi) is 2.73. The second-order valence-electron chi connectivity index (χ2n) is 3.94. The third-order valence-electron chi connectivity index (χ3n) is 2.67. The minimum Gasteiger partial charge on any atom is -0.394 e. The molecule has 1 aliphatic rings. The van der Waals surface area contributed by atoms with Gasteiger partial charge in [-0.25, -0.2) is 0 Å². The molecule has 0 spiro atoms. The van der Waals surface area contributed by atoms with Crippen LogP contribution >= 0.6 is 0 Å². The van der Waals surface area contributed by atoms with Crippen LogP contribution in [0.2, 0.25) is 0 Å². The topological polar surface area (TPSA) is 78.0 Å². The molecule has 3 N–H and O–H groups in total. The minimum atomic E-state index is -0.230. The molecule has 1 aromatic heterocycles. The third kappa shape index (κ3) is 1.87. The van der Waals surface area contributed by atoms with Gasteiger partial charge in [0.15, 0.2) is 5.69 Å². The van der Waals surface area contributed by atoms with Crippen LogP contribution in [-0.2, 0) is 12.8 Å². The zero-order valence-electron chi connectivity index (χ0n) is 8.71. The lowest BCUT2D eigenvalue weighted by molar-refractivity contribution is 0.0916. The molecule has 0 saturated carbocycles. The van der Waals surface area contributed by atoms with Gasteiger partial charge in [-0.15, -0.1) is 0 Å². The van der Waals surface area contributed by atoms with E-state index in [2.05, 4.69) is 15.5 Å². The Morgan fingerprint density at radius 1 is 1.67 bits per heavy atom. The van der Waals surface area contributed by atoms with Crippen molar-refractivity contribution >= 4 is 5.91 Å². The largest absolute Gasteiger partial charge is 0.394 e. The number of nitrogens with one attached hydrogen (secondary N) is 2. The summed E-state index contributed by atoms with van der Waals surface area (Å²) in [5, 5.41) is 18.4. The van der Waals surface area contributed by atoms with Gasteiger partial charge in [-0.2, -0.15) is 5.10 Å². The molecule has 2 rings (SSSR count). The van der Waals surface area contributed by atoms with Crippen LogP contribution in [0.4, 0.5) is 0 Å². The van der Waals surface area contributed by atoms with E-state index in [4.69, 9.17) is 5.11 Å². The molecule has 1 unspecified atom stereocenters. The number of nitrogens with zero attached hydrogens (tertiary/aromatic N) is 1. The van der Waals surface area contributed by atoms with Gasteiger partial charge >= 0.3 is 0 Å². The number of aromatic amines is 1. The normalized spacial score (nSPS) is 16.1. The number of aliphatic hydroxyl groups is 1. The zero-order valence-corrected chi connectivity index (χ0v) is 8.71. The molecule has 1 amide bonds. The Morgan fingerprint density at radius 2 is 2.47 bits per heavy atom. The van der Waals surface area contributed by atoms with E-state index in [-0.39, 0.29) is 18.6 Å². The van der Waals surface area contributed by atoms with Gasteiger partial charge in [0.2, 0.25) is 0 Å². The van der Waals surface area contributed by atoms with Gasteiger partial charge in [-0.1, -0.05) is 0 Å². The first-order valence-corrected chi connectivity index (χ1v) is 5.20. The summed E-state index contributed by atoms with van der Waals surface area (Å²) in [6.07, 6.45) is 2.98. The van der Waals surface area contributed by atoms with Crippen molar-refractivity contribution in [3.63, 3.8) is 0 Å². The van der Waals surface area contributed by atoms with Crippen molar-refractivity contribution in [1.82, 2.24) is 15.5 Å². The predicted octanol–water partition coefficient (Wildman–Crippen LogP) is 0.00900. The van der Waals surface area contributed by atoms with Gasteiger partial charge in [0, 0.05) is 17.3 Å². The number of fused-ring (bicyclic) bond motifs is 1. The van der Waals surface area contributed by atoms with E-state index < -0.39 is 0 Å². The maximum Gasteiger partial charge on any atom is 0.272 e. The number of H-pyrrole nitrogens is 1. The Morgan fingerprint density at radius 3 is 3.20 bits per heavy atom. The molecule has 0 saturated heterocycles. The van der Waals surface area contributed by atoms with Gasteiger partial charge in [0.05, 0.1) is 6.61 Å². The summed E-state index contributed by atoms with van der Waals surface area (Å²) in [6.45, 7) is 1.70. The van der Waals surface area contributed by atoms with Crippen molar-refractivity contribution in [3.8, 4) is 0 Å². The molecule has 1 aromatic rings. The Bertz CT molecular complexity index is 373. The maximum atomic E-state index is 11.7. The Balaban J connectivity index is 2.12. The first kappa shape index (κ1) is 10.2. The highest BCUT2D eigenvalue weighted by molar-refractivity contribution is 5.94. The van der Waals surface area contributed by atoms with Gasteiger partial charge in [0.1, 0.15) is 0 Å². The molecule has 0 radical (unpaired) electrons. The Hall–Kier alpha value is -1.36. The highest BCUT2D eigenvalue weighted by Crippen LogP contribution is 2.22. The molecule has 82 valence electrons. The van der Waals surface area contributed by atoms with E-state index in [0.29, 0.717) is 5.69 Å². The van der Waals surface area contributed by atoms with Crippen LogP contribution in [-0.4, -0.2) is 33.9 Å².